The summed E-state index contributed by atoms with van der Waals surface area (Å²) < 4.78 is 12.6. The summed E-state index contributed by atoms with van der Waals surface area (Å²) in [5, 5.41) is 10.4. The number of rotatable bonds is 5. The van der Waals surface area contributed by atoms with Crippen LogP contribution in [0.3, 0.4) is 0 Å². The highest BCUT2D eigenvalue weighted by molar-refractivity contribution is 5.95. The summed E-state index contributed by atoms with van der Waals surface area (Å²) in [4.78, 5) is 17.5. The van der Waals surface area contributed by atoms with Crippen molar-refractivity contribution in [2.45, 2.75) is 6.04 Å². The first-order valence-corrected chi connectivity index (χ1v) is 9.05. The first-order chi connectivity index (χ1) is 14.1. The zero-order valence-corrected chi connectivity index (χ0v) is 16.1. The fourth-order valence-corrected chi connectivity index (χ4v) is 3.51. The molecule has 1 aliphatic heterocycles. The van der Waals surface area contributed by atoms with Crippen molar-refractivity contribution in [2.24, 2.45) is 5.92 Å². The Bertz CT molecular complexity index is 1050. The molecule has 1 aliphatic rings. The fraction of sp³-hybridized carbons (Fsp3) is 0.190. The van der Waals surface area contributed by atoms with Crippen LogP contribution in [0.5, 0.6) is 11.5 Å². The largest absolute Gasteiger partial charge is 0.497 e. The van der Waals surface area contributed by atoms with Crippen LogP contribution in [0.15, 0.2) is 67.1 Å². The molecule has 2 heterocycles. The van der Waals surface area contributed by atoms with Gasteiger partial charge in [0.1, 0.15) is 29.8 Å². The van der Waals surface area contributed by atoms with Crippen molar-refractivity contribution in [2.75, 3.05) is 24.9 Å². The number of aromatic nitrogens is 3. The zero-order valence-electron chi connectivity index (χ0n) is 16.1. The summed E-state index contributed by atoms with van der Waals surface area (Å²) in [6.45, 7) is 4.08. The molecule has 1 amide bonds. The standard InChI is InChI=1S/C21H21N5O3/c1-13-18(20(27)25-14-7-5-4-6-8-14)19(26-21(24-13)22-12-23-26)16-10-9-15(28-2)11-17(16)29-3/h4-12,18-19H,1H2,2-3H3,(H,25,27)(H,22,23,24)/t18-,19-/m0/s1. The first-order valence-electron chi connectivity index (χ1n) is 9.05. The van der Waals surface area contributed by atoms with E-state index in [1.807, 2.05) is 42.5 Å². The van der Waals surface area contributed by atoms with Gasteiger partial charge in [0.25, 0.3) is 0 Å². The molecule has 29 heavy (non-hydrogen) atoms. The Morgan fingerprint density at radius 3 is 2.69 bits per heavy atom. The number of para-hydroxylation sites is 1. The van der Waals surface area contributed by atoms with Gasteiger partial charge in [-0.3, -0.25) is 4.79 Å². The third kappa shape index (κ3) is 3.40. The molecule has 0 saturated heterocycles. The van der Waals surface area contributed by atoms with Gasteiger partial charge in [-0.25, -0.2) is 4.68 Å². The minimum atomic E-state index is -0.647. The van der Waals surface area contributed by atoms with Gasteiger partial charge in [-0.1, -0.05) is 24.8 Å². The van der Waals surface area contributed by atoms with Crippen LogP contribution >= 0.6 is 0 Å². The van der Waals surface area contributed by atoms with Crippen molar-refractivity contribution in [3.05, 3.63) is 72.7 Å². The summed E-state index contributed by atoms with van der Waals surface area (Å²) >= 11 is 0. The van der Waals surface area contributed by atoms with E-state index in [2.05, 4.69) is 27.3 Å². The zero-order chi connectivity index (χ0) is 20.4. The topological polar surface area (TPSA) is 90.3 Å². The summed E-state index contributed by atoms with van der Waals surface area (Å²) in [6.07, 6.45) is 1.44. The van der Waals surface area contributed by atoms with Crippen LogP contribution in [-0.2, 0) is 4.79 Å². The smallest absolute Gasteiger partial charge is 0.235 e. The second kappa shape index (κ2) is 7.67. The molecule has 2 aromatic carbocycles. The molecule has 2 N–H and O–H groups in total. The molecule has 2 atom stereocenters. The first kappa shape index (κ1) is 18.5. The number of fused-ring (bicyclic) bond motifs is 1. The number of anilines is 2. The predicted molar refractivity (Wildman–Crippen MR) is 109 cm³/mol. The second-order valence-electron chi connectivity index (χ2n) is 6.56. The van der Waals surface area contributed by atoms with Crippen molar-refractivity contribution < 1.29 is 14.3 Å². The number of hydrogen-bond acceptors (Lipinski definition) is 6. The minimum Gasteiger partial charge on any atom is -0.497 e. The number of carbonyl (C=O) groups excluding carboxylic acids is 1. The Kier molecular flexibility index (Phi) is 4.90. The van der Waals surface area contributed by atoms with E-state index in [4.69, 9.17) is 9.47 Å². The molecule has 0 fully saturated rings. The third-order valence-corrected chi connectivity index (χ3v) is 4.88. The lowest BCUT2D eigenvalue weighted by Gasteiger charge is -2.34. The molecule has 8 heteroatoms. The second-order valence-corrected chi connectivity index (χ2v) is 6.56. The summed E-state index contributed by atoms with van der Waals surface area (Å²) in [5.41, 5.74) is 2.01. The van der Waals surface area contributed by atoms with Crippen LogP contribution in [0, 0.1) is 5.92 Å². The van der Waals surface area contributed by atoms with Crippen LogP contribution in [-0.4, -0.2) is 34.9 Å². The van der Waals surface area contributed by atoms with Crippen LogP contribution in [0.4, 0.5) is 11.6 Å². The van der Waals surface area contributed by atoms with Crippen molar-refractivity contribution in [1.29, 1.82) is 0 Å². The van der Waals surface area contributed by atoms with Gasteiger partial charge < -0.3 is 20.1 Å². The molecule has 8 nitrogen and oxygen atoms in total. The number of carbonyl (C=O) groups is 1. The molecule has 0 unspecified atom stereocenters. The number of methoxy groups -OCH3 is 2. The molecular weight excluding hydrogens is 370 g/mol. The highest BCUT2D eigenvalue weighted by Gasteiger charge is 2.41. The number of benzene rings is 2. The monoisotopic (exact) mass is 391 g/mol. The van der Waals surface area contributed by atoms with Crippen molar-refractivity contribution in [1.82, 2.24) is 14.8 Å². The Morgan fingerprint density at radius 2 is 1.97 bits per heavy atom. The summed E-state index contributed by atoms with van der Waals surface area (Å²) in [5.74, 6) is 0.900. The number of hydrogen-bond donors (Lipinski definition) is 2. The predicted octanol–water partition coefficient (Wildman–Crippen LogP) is 3.08. The average molecular weight is 391 g/mol. The normalized spacial score (nSPS) is 17.8. The number of nitrogens with zero attached hydrogens (tertiary/aromatic N) is 3. The maximum atomic E-state index is 13.3. The minimum absolute atomic E-state index is 0.210. The quantitative estimate of drug-likeness (QED) is 0.695. The van der Waals surface area contributed by atoms with Crippen LogP contribution in [0.1, 0.15) is 11.6 Å². The van der Waals surface area contributed by atoms with E-state index in [0.717, 1.165) is 5.56 Å². The lowest BCUT2D eigenvalue weighted by Crippen LogP contribution is -2.39. The van der Waals surface area contributed by atoms with E-state index in [-0.39, 0.29) is 5.91 Å². The lowest BCUT2D eigenvalue weighted by atomic mass is 9.87. The van der Waals surface area contributed by atoms with Crippen LogP contribution in [0.25, 0.3) is 0 Å². The third-order valence-electron chi connectivity index (χ3n) is 4.88. The summed E-state index contributed by atoms with van der Waals surface area (Å²) in [6, 6.07) is 14.3. The van der Waals surface area contributed by atoms with E-state index in [0.29, 0.717) is 28.8 Å². The molecule has 0 bridgehead atoms. The van der Waals surface area contributed by atoms with Gasteiger partial charge in [-0.2, -0.15) is 10.1 Å². The Labute approximate surface area is 168 Å². The number of nitrogens with one attached hydrogen (secondary N) is 2. The van der Waals surface area contributed by atoms with Crippen LogP contribution in [0.2, 0.25) is 0 Å². The molecule has 0 aliphatic carbocycles. The average Bonchev–Trinajstić information content (AvgIpc) is 3.21. The number of ether oxygens (including phenoxy) is 2. The van der Waals surface area contributed by atoms with Gasteiger partial charge in [0, 0.05) is 23.0 Å². The Morgan fingerprint density at radius 1 is 1.17 bits per heavy atom. The van der Waals surface area contributed by atoms with Gasteiger partial charge in [0.15, 0.2) is 0 Å². The van der Waals surface area contributed by atoms with Gasteiger partial charge in [-0.15, -0.1) is 0 Å². The number of amides is 1. The molecule has 1 aromatic heterocycles. The fourth-order valence-electron chi connectivity index (χ4n) is 3.51. The molecule has 0 spiro atoms. The molecule has 4 rings (SSSR count). The maximum Gasteiger partial charge on any atom is 0.235 e. The Hall–Kier alpha value is -3.81. The Balaban J connectivity index is 1.79. The lowest BCUT2D eigenvalue weighted by molar-refractivity contribution is -0.119. The van der Waals surface area contributed by atoms with E-state index in [1.54, 1.807) is 25.0 Å². The molecular formula is C21H21N5O3. The molecule has 3 aromatic rings. The van der Waals surface area contributed by atoms with Gasteiger partial charge in [0.2, 0.25) is 11.9 Å². The van der Waals surface area contributed by atoms with E-state index in [9.17, 15) is 4.79 Å². The molecule has 0 saturated carbocycles. The van der Waals surface area contributed by atoms with Crippen molar-refractivity contribution >= 4 is 17.5 Å². The van der Waals surface area contributed by atoms with Crippen molar-refractivity contribution in [3.8, 4) is 11.5 Å². The highest BCUT2D eigenvalue weighted by atomic mass is 16.5. The molecule has 148 valence electrons. The van der Waals surface area contributed by atoms with E-state index < -0.39 is 12.0 Å². The SMILES string of the molecule is C=C1Nc2ncnn2[C@@H](c2ccc(OC)cc2OC)[C@H]1C(=O)Nc1ccccc1. The van der Waals surface area contributed by atoms with Gasteiger partial charge in [-0.05, 0) is 24.3 Å². The molecule has 0 radical (unpaired) electrons. The highest BCUT2D eigenvalue weighted by Crippen LogP contribution is 2.42. The van der Waals surface area contributed by atoms with Crippen LogP contribution < -0.4 is 20.1 Å². The maximum absolute atomic E-state index is 13.3. The van der Waals surface area contributed by atoms with Gasteiger partial charge >= 0.3 is 0 Å². The summed E-state index contributed by atoms with van der Waals surface area (Å²) in [7, 11) is 3.17. The van der Waals surface area contributed by atoms with E-state index in [1.165, 1.54) is 6.33 Å². The van der Waals surface area contributed by atoms with Gasteiger partial charge in [0.05, 0.1) is 14.2 Å². The van der Waals surface area contributed by atoms with Crippen molar-refractivity contribution in [3.63, 3.8) is 0 Å². The van der Waals surface area contributed by atoms with E-state index >= 15 is 0 Å².